The number of benzene rings is 1. The van der Waals surface area contributed by atoms with E-state index in [4.69, 9.17) is 0 Å². The van der Waals surface area contributed by atoms with E-state index in [-0.39, 0.29) is 29.2 Å². The molecule has 0 aliphatic carbocycles. The molecular weight excluding hydrogens is 396 g/mol. The molecule has 0 spiro atoms. The molecule has 152 valence electrons. The summed E-state index contributed by atoms with van der Waals surface area (Å²) in [4.78, 5) is 14.5. The Labute approximate surface area is 170 Å². The largest absolute Gasteiger partial charge is 0.338 e. The van der Waals surface area contributed by atoms with Crippen molar-refractivity contribution >= 4 is 27.5 Å². The molecule has 3 rings (SSSR count). The van der Waals surface area contributed by atoms with Crippen molar-refractivity contribution in [3.8, 4) is 11.4 Å². The topological polar surface area (TPSA) is 85.2 Å². The monoisotopic (exact) mass is 422 g/mol. The molecule has 0 N–H and O–H groups in total. The summed E-state index contributed by atoms with van der Waals surface area (Å²) in [6, 6.07) is 7.77. The molecule has 0 unspecified atom stereocenters. The van der Waals surface area contributed by atoms with Crippen LogP contribution in [0.1, 0.15) is 25.3 Å². The molecule has 0 radical (unpaired) electrons. The molecular formula is C19H26N4O3S2. The number of sulfone groups is 1. The second-order valence-electron chi connectivity index (χ2n) is 7.11. The Morgan fingerprint density at radius 2 is 2.07 bits per heavy atom. The Bertz CT molecular complexity index is 956. The van der Waals surface area contributed by atoms with Crippen molar-refractivity contribution in [1.29, 1.82) is 0 Å². The smallest absolute Gasteiger partial charge is 0.233 e. The molecule has 1 aromatic carbocycles. The summed E-state index contributed by atoms with van der Waals surface area (Å²) in [5.74, 6) is 1.18. The number of aromatic nitrogens is 3. The van der Waals surface area contributed by atoms with E-state index in [9.17, 15) is 13.2 Å². The van der Waals surface area contributed by atoms with Crippen molar-refractivity contribution in [2.24, 2.45) is 7.05 Å². The van der Waals surface area contributed by atoms with Gasteiger partial charge in [-0.25, -0.2) is 8.42 Å². The van der Waals surface area contributed by atoms with Crippen LogP contribution in [0.25, 0.3) is 11.4 Å². The highest BCUT2D eigenvalue weighted by Crippen LogP contribution is 2.26. The van der Waals surface area contributed by atoms with Gasteiger partial charge in [0.25, 0.3) is 0 Å². The van der Waals surface area contributed by atoms with E-state index in [1.807, 2.05) is 49.7 Å². The molecule has 1 aliphatic heterocycles. The standard InChI is InChI=1S/C19H26N4O3S2/c1-4-10-23(15-9-11-28(25,26)13-15)17(24)12-27-19-21-20-18(22(19)3)16-8-6-5-7-14(16)2/h5-8,15H,4,9-13H2,1-3H3/t15-/m1/s1. The molecule has 1 aromatic heterocycles. The van der Waals surface area contributed by atoms with Crippen LogP contribution in [0.3, 0.4) is 0 Å². The minimum Gasteiger partial charge on any atom is -0.338 e. The van der Waals surface area contributed by atoms with Gasteiger partial charge in [0, 0.05) is 25.2 Å². The van der Waals surface area contributed by atoms with Crippen molar-refractivity contribution in [2.45, 2.75) is 37.9 Å². The summed E-state index contributed by atoms with van der Waals surface area (Å²) in [7, 11) is -1.13. The third kappa shape index (κ3) is 4.57. The van der Waals surface area contributed by atoms with E-state index in [0.717, 1.165) is 23.4 Å². The van der Waals surface area contributed by atoms with E-state index in [2.05, 4.69) is 10.2 Å². The SMILES string of the molecule is CCCN(C(=O)CSc1nnc(-c2ccccc2C)n1C)[C@@H]1CCS(=O)(=O)C1. The average molecular weight is 423 g/mol. The molecule has 1 saturated heterocycles. The van der Waals surface area contributed by atoms with Crippen LogP contribution < -0.4 is 0 Å². The zero-order chi connectivity index (χ0) is 20.3. The molecule has 1 aliphatic rings. The number of thioether (sulfide) groups is 1. The highest BCUT2D eigenvalue weighted by atomic mass is 32.2. The molecule has 2 aromatic rings. The van der Waals surface area contributed by atoms with Gasteiger partial charge in [0.1, 0.15) is 0 Å². The van der Waals surface area contributed by atoms with Gasteiger partial charge in [-0.05, 0) is 25.3 Å². The Hall–Kier alpha value is -1.87. The van der Waals surface area contributed by atoms with Crippen LogP contribution in [-0.4, -0.2) is 63.8 Å². The summed E-state index contributed by atoms with van der Waals surface area (Å²) >= 11 is 1.34. The number of hydrogen-bond acceptors (Lipinski definition) is 6. The van der Waals surface area contributed by atoms with Crippen LogP contribution in [0.2, 0.25) is 0 Å². The first-order chi connectivity index (χ1) is 13.3. The van der Waals surface area contributed by atoms with E-state index < -0.39 is 9.84 Å². The molecule has 0 saturated carbocycles. The maximum Gasteiger partial charge on any atom is 0.233 e. The predicted molar refractivity (Wildman–Crippen MR) is 111 cm³/mol. The van der Waals surface area contributed by atoms with E-state index >= 15 is 0 Å². The quantitative estimate of drug-likeness (QED) is 0.637. The fraction of sp³-hybridized carbons (Fsp3) is 0.526. The lowest BCUT2D eigenvalue weighted by atomic mass is 10.1. The maximum absolute atomic E-state index is 12.8. The van der Waals surface area contributed by atoms with Gasteiger partial charge in [0.05, 0.1) is 17.3 Å². The normalized spacial score (nSPS) is 18.3. The predicted octanol–water partition coefficient (Wildman–Crippen LogP) is 2.31. The van der Waals surface area contributed by atoms with Crippen LogP contribution in [-0.2, 0) is 21.7 Å². The van der Waals surface area contributed by atoms with E-state index in [1.165, 1.54) is 11.8 Å². The van der Waals surface area contributed by atoms with Crippen molar-refractivity contribution in [2.75, 3.05) is 23.8 Å². The first-order valence-electron chi connectivity index (χ1n) is 9.40. The van der Waals surface area contributed by atoms with Gasteiger partial charge in [0.2, 0.25) is 5.91 Å². The number of rotatable bonds is 7. The lowest BCUT2D eigenvalue weighted by molar-refractivity contribution is -0.130. The number of aryl methyl sites for hydroxylation is 1. The van der Waals surface area contributed by atoms with Crippen LogP contribution in [0.5, 0.6) is 0 Å². The summed E-state index contributed by atoms with van der Waals surface area (Å²) < 4.78 is 25.5. The average Bonchev–Trinajstić information content (AvgIpc) is 3.20. The zero-order valence-corrected chi connectivity index (χ0v) is 18.1. The molecule has 7 nitrogen and oxygen atoms in total. The van der Waals surface area contributed by atoms with Gasteiger partial charge in [-0.15, -0.1) is 10.2 Å². The third-order valence-corrected chi connectivity index (χ3v) is 7.73. The van der Waals surface area contributed by atoms with Gasteiger partial charge in [-0.3, -0.25) is 4.79 Å². The second-order valence-corrected chi connectivity index (χ2v) is 10.3. The Balaban J connectivity index is 1.69. The lowest BCUT2D eigenvalue weighted by Gasteiger charge is -2.27. The van der Waals surface area contributed by atoms with Crippen molar-refractivity contribution < 1.29 is 13.2 Å². The summed E-state index contributed by atoms with van der Waals surface area (Å²) in [5.41, 5.74) is 2.13. The van der Waals surface area contributed by atoms with Gasteiger partial charge in [0.15, 0.2) is 20.8 Å². The minimum absolute atomic E-state index is 0.0469. The van der Waals surface area contributed by atoms with Gasteiger partial charge in [-0.2, -0.15) is 0 Å². The molecule has 1 fully saturated rings. The first-order valence-corrected chi connectivity index (χ1v) is 12.2. The van der Waals surface area contributed by atoms with Crippen LogP contribution in [0.15, 0.2) is 29.4 Å². The summed E-state index contributed by atoms with van der Waals surface area (Å²) in [6.45, 7) is 4.60. The highest BCUT2D eigenvalue weighted by molar-refractivity contribution is 7.99. The van der Waals surface area contributed by atoms with Gasteiger partial charge >= 0.3 is 0 Å². The van der Waals surface area contributed by atoms with E-state index in [0.29, 0.717) is 18.1 Å². The number of carbonyl (C=O) groups is 1. The summed E-state index contributed by atoms with van der Waals surface area (Å²) in [5, 5.41) is 9.20. The van der Waals surface area contributed by atoms with Gasteiger partial charge < -0.3 is 9.47 Å². The van der Waals surface area contributed by atoms with Gasteiger partial charge in [-0.1, -0.05) is 43.0 Å². The first kappa shape index (κ1) is 20.9. The zero-order valence-electron chi connectivity index (χ0n) is 16.5. The number of amides is 1. The van der Waals surface area contributed by atoms with Crippen molar-refractivity contribution in [3.63, 3.8) is 0 Å². The Morgan fingerprint density at radius 3 is 2.71 bits per heavy atom. The molecule has 2 heterocycles. The maximum atomic E-state index is 12.8. The third-order valence-electron chi connectivity index (χ3n) is 4.98. The number of carbonyl (C=O) groups excluding carboxylic acids is 1. The number of hydrogen-bond donors (Lipinski definition) is 0. The van der Waals surface area contributed by atoms with Crippen molar-refractivity contribution in [3.05, 3.63) is 29.8 Å². The number of nitrogens with zero attached hydrogens (tertiary/aromatic N) is 4. The second kappa shape index (κ2) is 8.65. The van der Waals surface area contributed by atoms with E-state index in [1.54, 1.807) is 4.90 Å². The van der Waals surface area contributed by atoms with Crippen LogP contribution in [0, 0.1) is 6.92 Å². The molecule has 0 bridgehead atoms. The Kier molecular flexibility index (Phi) is 6.44. The van der Waals surface area contributed by atoms with Crippen LogP contribution >= 0.6 is 11.8 Å². The molecule has 9 heteroatoms. The fourth-order valence-corrected chi connectivity index (χ4v) is 6.01. The fourth-order valence-electron chi connectivity index (χ4n) is 3.48. The van der Waals surface area contributed by atoms with Crippen molar-refractivity contribution in [1.82, 2.24) is 19.7 Å². The highest BCUT2D eigenvalue weighted by Gasteiger charge is 2.34. The summed E-state index contributed by atoms with van der Waals surface area (Å²) in [6.07, 6.45) is 1.33. The van der Waals surface area contributed by atoms with Crippen LogP contribution in [0.4, 0.5) is 0 Å². The lowest BCUT2D eigenvalue weighted by Crippen LogP contribution is -2.42. The molecule has 1 atom stereocenters. The minimum atomic E-state index is -3.02. The Morgan fingerprint density at radius 1 is 1.32 bits per heavy atom. The molecule has 28 heavy (non-hydrogen) atoms. The molecule has 1 amide bonds.